The summed E-state index contributed by atoms with van der Waals surface area (Å²) in [6.45, 7) is 9.33. The van der Waals surface area contributed by atoms with Gasteiger partial charge in [0.1, 0.15) is 48.8 Å². The second-order valence-corrected chi connectivity index (χ2v) is 18.7. The number of fused-ring (bicyclic) bond motifs is 7. The van der Waals surface area contributed by atoms with Gasteiger partial charge in [0, 0.05) is 12.3 Å². The van der Waals surface area contributed by atoms with E-state index in [0.717, 1.165) is 45.1 Å². The molecule has 4 saturated heterocycles. The largest absolute Gasteiger partial charge is 0.394 e. The zero-order chi connectivity index (χ0) is 36.9. The van der Waals surface area contributed by atoms with Crippen LogP contribution < -0.4 is 0 Å². The van der Waals surface area contributed by atoms with E-state index >= 15 is 0 Å². The molecule has 8 fully saturated rings. The molecule has 0 amide bonds. The summed E-state index contributed by atoms with van der Waals surface area (Å²) in [5, 5.41) is 72.7. The van der Waals surface area contributed by atoms with Gasteiger partial charge in [-0.1, -0.05) is 27.7 Å². The van der Waals surface area contributed by atoms with Crippen molar-refractivity contribution in [2.24, 2.45) is 52.3 Å². The first-order chi connectivity index (χ1) is 24.7. The summed E-state index contributed by atoms with van der Waals surface area (Å²) >= 11 is 0. The zero-order valence-electron chi connectivity index (χ0n) is 31.2. The van der Waals surface area contributed by atoms with Crippen molar-refractivity contribution < 1.29 is 64.2 Å². The van der Waals surface area contributed by atoms with Crippen LogP contribution in [-0.2, 0) is 28.4 Å². The Bertz CT molecular complexity index is 1260. The third-order valence-electron chi connectivity index (χ3n) is 16.2. The smallest absolute Gasteiger partial charge is 0.187 e. The quantitative estimate of drug-likeness (QED) is 0.194. The van der Waals surface area contributed by atoms with E-state index in [4.69, 9.17) is 28.4 Å². The molecule has 0 radical (unpaired) electrons. The molecular weight excluding hydrogens is 676 g/mol. The molecule has 1 spiro atoms. The summed E-state index contributed by atoms with van der Waals surface area (Å²) in [6.07, 6.45) is -3.88. The highest BCUT2D eigenvalue weighted by molar-refractivity contribution is 5.15. The maximum absolute atomic E-state index is 11.1. The maximum atomic E-state index is 11.1. The average molecular weight is 741 g/mol. The fourth-order valence-electron chi connectivity index (χ4n) is 13.2. The van der Waals surface area contributed by atoms with Crippen LogP contribution in [0.3, 0.4) is 0 Å². The summed E-state index contributed by atoms with van der Waals surface area (Å²) in [6, 6.07) is 0. The Morgan fingerprint density at radius 2 is 1.37 bits per heavy atom. The Morgan fingerprint density at radius 1 is 0.673 bits per heavy atom. The molecule has 298 valence electrons. The molecule has 0 aromatic rings. The minimum atomic E-state index is -1.71. The predicted octanol–water partition coefficient (Wildman–Crippen LogP) is 1.44. The maximum Gasteiger partial charge on any atom is 0.187 e. The molecule has 4 saturated carbocycles. The molecule has 4 aliphatic carbocycles. The van der Waals surface area contributed by atoms with Crippen molar-refractivity contribution in [2.75, 3.05) is 19.8 Å². The van der Waals surface area contributed by atoms with Gasteiger partial charge in [-0.3, -0.25) is 0 Å². The highest BCUT2D eigenvalue weighted by atomic mass is 16.8. The average Bonchev–Trinajstić information content (AvgIpc) is 3.58. The molecule has 13 heteroatoms. The van der Waals surface area contributed by atoms with Crippen LogP contribution in [0.1, 0.15) is 91.9 Å². The van der Waals surface area contributed by atoms with E-state index < -0.39 is 80.4 Å². The second kappa shape index (κ2) is 14.1. The fraction of sp³-hybridized carbons (Fsp3) is 1.00. The van der Waals surface area contributed by atoms with E-state index in [1.165, 1.54) is 25.7 Å². The van der Waals surface area contributed by atoms with Gasteiger partial charge in [0.2, 0.25) is 0 Å². The fourth-order valence-corrected chi connectivity index (χ4v) is 13.2. The molecule has 13 nitrogen and oxygen atoms in total. The van der Waals surface area contributed by atoms with Crippen LogP contribution >= 0.6 is 0 Å². The Labute approximate surface area is 307 Å². The summed E-state index contributed by atoms with van der Waals surface area (Å²) in [5.74, 6) is 3.51. The summed E-state index contributed by atoms with van der Waals surface area (Å²) in [4.78, 5) is 0. The Morgan fingerprint density at radius 3 is 2.06 bits per heavy atom. The molecule has 22 atom stereocenters. The highest BCUT2D eigenvalue weighted by Gasteiger charge is 2.69. The molecule has 7 N–H and O–H groups in total. The van der Waals surface area contributed by atoms with E-state index in [1.807, 2.05) is 0 Å². The van der Waals surface area contributed by atoms with Crippen molar-refractivity contribution in [3.8, 4) is 0 Å². The first-order valence-electron chi connectivity index (χ1n) is 20.3. The van der Waals surface area contributed by atoms with Crippen LogP contribution in [0.5, 0.6) is 0 Å². The highest BCUT2D eigenvalue weighted by Crippen LogP contribution is 2.71. The summed E-state index contributed by atoms with van der Waals surface area (Å²) in [7, 11) is 0. The molecule has 8 aliphatic rings. The first-order valence-corrected chi connectivity index (χ1v) is 20.3. The monoisotopic (exact) mass is 740 g/mol. The summed E-state index contributed by atoms with van der Waals surface area (Å²) < 4.78 is 37.5. The Balaban J connectivity index is 0.942. The van der Waals surface area contributed by atoms with Gasteiger partial charge in [-0.05, 0) is 104 Å². The normalized spacial score (nSPS) is 59.0. The predicted molar refractivity (Wildman–Crippen MR) is 183 cm³/mol. The van der Waals surface area contributed by atoms with Gasteiger partial charge in [0.25, 0.3) is 0 Å². The minimum absolute atomic E-state index is 0.168. The lowest BCUT2D eigenvalue weighted by Crippen LogP contribution is -2.65. The third kappa shape index (κ3) is 5.98. The lowest BCUT2D eigenvalue weighted by Gasteiger charge is -2.61. The van der Waals surface area contributed by atoms with E-state index in [2.05, 4.69) is 27.7 Å². The molecule has 0 bridgehead atoms. The first kappa shape index (κ1) is 38.4. The van der Waals surface area contributed by atoms with Crippen LogP contribution in [0.2, 0.25) is 0 Å². The van der Waals surface area contributed by atoms with Gasteiger partial charge in [0.15, 0.2) is 18.4 Å². The van der Waals surface area contributed by atoms with E-state index in [9.17, 15) is 35.7 Å². The Kier molecular flexibility index (Phi) is 10.4. The topological polar surface area (TPSA) is 197 Å². The van der Waals surface area contributed by atoms with Crippen LogP contribution in [0, 0.1) is 52.3 Å². The van der Waals surface area contributed by atoms with E-state index in [-0.39, 0.29) is 23.0 Å². The number of hydrogen-bond donors (Lipinski definition) is 7. The number of aliphatic hydroxyl groups excluding tert-OH is 7. The van der Waals surface area contributed by atoms with E-state index in [1.54, 1.807) is 0 Å². The number of hydrogen-bond acceptors (Lipinski definition) is 13. The van der Waals surface area contributed by atoms with Gasteiger partial charge in [-0.15, -0.1) is 0 Å². The lowest BCUT2D eigenvalue weighted by molar-refractivity contribution is -0.373. The van der Waals surface area contributed by atoms with Crippen LogP contribution in [-0.4, -0.2) is 135 Å². The molecule has 1 unspecified atom stereocenters. The number of ether oxygens (including phenoxy) is 6. The van der Waals surface area contributed by atoms with Gasteiger partial charge in [-0.2, -0.15) is 0 Å². The molecule has 0 aromatic heterocycles. The van der Waals surface area contributed by atoms with Crippen molar-refractivity contribution in [1.82, 2.24) is 0 Å². The molecule has 0 aromatic carbocycles. The number of aliphatic hydroxyl groups is 7. The number of rotatable bonds is 6. The van der Waals surface area contributed by atoms with Crippen LogP contribution in [0.4, 0.5) is 0 Å². The molecule has 52 heavy (non-hydrogen) atoms. The van der Waals surface area contributed by atoms with Crippen molar-refractivity contribution in [1.29, 1.82) is 0 Å². The Hall–Kier alpha value is -0.520. The molecule has 8 rings (SSSR count). The second-order valence-electron chi connectivity index (χ2n) is 18.7. The van der Waals surface area contributed by atoms with Crippen molar-refractivity contribution >= 4 is 0 Å². The van der Waals surface area contributed by atoms with Crippen molar-refractivity contribution in [3.05, 3.63) is 0 Å². The van der Waals surface area contributed by atoms with Gasteiger partial charge in [0.05, 0.1) is 32.0 Å². The van der Waals surface area contributed by atoms with Crippen LogP contribution in [0.15, 0.2) is 0 Å². The van der Waals surface area contributed by atoms with Crippen molar-refractivity contribution in [2.45, 2.75) is 171 Å². The SMILES string of the molecule is CC1CC[C@@]2(OC1)O[C@H]1C[C@H]3[C@@H]4CC[C@@H]5C[C@@H](O[C@@H]6O[C@H](CO)[C@H](O)[C@H](O)[C@H]6O[C@@H]6O[C@H](CO)[C@@H](O)[C@H](O)[C@H]6O)CC[C@]5(C)[C@H]4CC[C@]3(C)[C@H]1[C@@H]2C. The molecular formula is C39H64O13. The lowest BCUT2D eigenvalue weighted by atomic mass is 9.44. The molecule has 4 aliphatic heterocycles. The van der Waals surface area contributed by atoms with Crippen LogP contribution in [0.25, 0.3) is 0 Å². The minimum Gasteiger partial charge on any atom is -0.394 e. The van der Waals surface area contributed by atoms with Gasteiger partial charge in [-0.25, -0.2) is 0 Å². The van der Waals surface area contributed by atoms with Gasteiger partial charge >= 0.3 is 0 Å². The van der Waals surface area contributed by atoms with Crippen molar-refractivity contribution in [3.63, 3.8) is 0 Å². The van der Waals surface area contributed by atoms with Gasteiger partial charge < -0.3 is 64.2 Å². The standard InChI is InChI=1S/C39H64O13/c1-18-7-12-39(47-17-18)19(2)28-25(52-39)14-24-22-6-5-20-13-21(8-10-37(20,3)23(22)9-11-38(24,28)4)48-36-34(32(45)30(43)27(16-41)50-36)51-35-33(46)31(44)29(42)26(15-40)49-35/h18-36,40-46H,5-17H2,1-4H3/t18?,19-,20+,21-,22+,23-,24-,25-,26+,27+,28-,29+,30-,31-,32-,33+,34+,35-,36+,37-,38-,39+/m0/s1. The molecule has 4 heterocycles. The van der Waals surface area contributed by atoms with E-state index in [0.29, 0.717) is 41.4 Å². The third-order valence-corrected chi connectivity index (χ3v) is 16.2. The zero-order valence-corrected chi connectivity index (χ0v) is 31.2. The summed E-state index contributed by atoms with van der Waals surface area (Å²) in [5.41, 5.74) is 0.425.